The van der Waals surface area contributed by atoms with Crippen molar-refractivity contribution in [1.29, 1.82) is 5.26 Å². The third-order valence-electron chi connectivity index (χ3n) is 3.32. The first-order chi connectivity index (χ1) is 11.3. The molecule has 0 saturated heterocycles. The maximum absolute atomic E-state index is 12.2. The third kappa shape index (κ3) is 4.57. The van der Waals surface area contributed by atoms with Crippen molar-refractivity contribution in [3.8, 4) is 6.07 Å². The molecule has 1 unspecified atom stereocenters. The van der Waals surface area contributed by atoms with Crippen LogP contribution in [-0.4, -0.2) is 27.1 Å². The Morgan fingerprint density at radius 3 is 2.50 bits per heavy atom. The molecule has 0 bridgehead atoms. The number of rotatable bonds is 6. The van der Waals surface area contributed by atoms with Crippen LogP contribution in [0.15, 0.2) is 41.8 Å². The Hall–Kier alpha value is -2.37. The summed E-state index contributed by atoms with van der Waals surface area (Å²) in [4.78, 5) is 13.2. The van der Waals surface area contributed by atoms with Crippen molar-refractivity contribution in [3.05, 3.63) is 52.2 Å². The van der Waals surface area contributed by atoms with E-state index < -0.39 is 15.9 Å². The number of hydrogen-bond donors (Lipinski definition) is 1. The number of sulfonamides is 1. The molecular formula is C16H17N3O3S2. The predicted octanol–water partition coefficient (Wildman–Crippen LogP) is 2.26. The van der Waals surface area contributed by atoms with E-state index in [-0.39, 0.29) is 12.6 Å². The van der Waals surface area contributed by atoms with Gasteiger partial charge in [0.05, 0.1) is 29.6 Å². The highest BCUT2D eigenvalue weighted by atomic mass is 32.2. The van der Waals surface area contributed by atoms with Crippen LogP contribution in [0.2, 0.25) is 0 Å². The van der Waals surface area contributed by atoms with E-state index >= 15 is 0 Å². The number of carbonyl (C=O) groups excluding carboxylic acids is 1. The summed E-state index contributed by atoms with van der Waals surface area (Å²) >= 11 is 1.52. The van der Waals surface area contributed by atoms with E-state index in [1.54, 1.807) is 0 Å². The minimum absolute atomic E-state index is 0.195. The quantitative estimate of drug-likeness (QED) is 0.852. The average molecular weight is 363 g/mol. The first kappa shape index (κ1) is 18.0. The summed E-state index contributed by atoms with van der Waals surface area (Å²) in [5.41, 5.74) is 0.762. The van der Waals surface area contributed by atoms with E-state index in [0.717, 1.165) is 15.4 Å². The van der Waals surface area contributed by atoms with Crippen molar-refractivity contribution in [2.75, 3.05) is 17.1 Å². The summed E-state index contributed by atoms with van der Waals surface area (Å²) < 4.78 is 25.1. The van der Waals surface area contributed by atoms with Crippen molar-refractivity contribution in [3.63, 3.8) is 0 Å². The second kappa shape index (κ2) is 7.47. The molecule has 0 fully saturated rings. The van der Waals surface area contributed by atoms with E-state index in [0.29, 0.717) is 11.3 Å². The molecule has 1 atom stereocenters. The number of amides is 1. The molecule has 8 heteroatoms. The standard InChI is InChI=1S/C16H17N3O3S2/c1-12(15-4-3-9-23-15)18-16(20)11-19(24(2,21)22)14-7-5-13(10-17)6-8-14/h3-9,12H,11H2,1-2H3,(H,18,20). The van der Waals surface area contributed by atoms with Crippen LogP contribution in [-0.2, 0) is 14.8 Å². The minimum Gasteiger partial charge on any atom is -0.347 e. The van der Waals surface area contributed by atoms with Gasteiger partial charge in [-0.3, -0.25) is 9.10 Å². The van der Waals surface area contributed by atoms with Crippen LogP contribution in [0.4, 0.5) is 5.69 Å². The summed E-state index contributed by atoms with van der Waals surface area (Å²) in [6, 6.07) is 11.6. The molecule has 0 aliphatic rings. The second-order valence-electron chi connectivity index (χ2n) is 5.23. The highest BCUT2D eigenvalue weighted by molar-refractivity contribution is 7.92. The van der Waals surface area contributed by atoms with Crippen LogP contribution in [0.5, 0.6) is 0 Å². The van der Waals surface area contributed by atoms with Gasteiger partial charge >= 0.3 is 0 Å². The monoisotopic (exact) mass is 363 g/mol. The summed E-state index contributed by atoms with van der Waals surface area (Å²) in [5.74, 6) is -0.398. The van der Waals surface area contributed by atoms with E-state index in [9.17, 15) is 13.2 Å². The normalized spacial score (nSPS) is 12.2. The summed E-state index contributed by atoms with van der Waals surface area (Å²) in [7, 11) is -3.63. The lowest BCUT2D eigenvalue weighted by Gasteiger charge is -2.23. The molecule has 1 aromatic carbocycles. The van der Waals surface area contributed by atoms with Crippen LogP contribution in [0.3, 0.4) is 0 Å². The van der Waals surface area contributed by atoms with E-state index in [1.807, 2.05) is 30.5 Å². The first-order valence-corrected chi connectivity index (χ1v) is 9.84. The van der Waals surface area contributed by atoms with Gasteiger partial charge in [-0.2, -0.15) is 5.26 Å². The summed E-state index contributed by atoms with van der Waals surface area (Å²) in [5, 5.41) is 13.5. The van der Waals surface area contributed by atoms with E-state index in [1.165, 1.54) is 35.6 Å². The number of carbonyl (C=O) groups is 1. The van der Waals surface area contributed by atoms with Gasteiger partial charge in [0.2, 0.25) is 15.9 Å². The summed E-state index contributed by atoms with van der Waals surface area (Å²) in [6.45, 7) is 1.52. The molecule has 0 aliphatic carbocycles. The van der Waals surface area contributed by atoms with Gasteiger partial charge in [0.15, 0.2) is 0 Å². The molecule has 1 amide bonds. The Labute approximate surface area is 145 Å². The molecule has 6 nitrogen and oxygen atoms in total. The fourth-order valence-corrected chi connectivity index (χ4v) is 3.72. The number of nitrogens with one attached hydrogen (secondary N) is 1. The Kier molecular flexibility index (Phi) is 5.59. The van der Waals surface area contributed by atoms with Gasteiger partial charge in [-0.25, -0.2) is 8.42 Å². The number of hydrogen-bond acceptors (Lipinski definition) is 5. The molecule has 0 aliphatic heterocycles. The molecule has 24 heavy (non-hydrogen) atoms. The predicted molar refractivity (Wildman–Crippen MR) is 94.2 cm³/mol. The molecule has 1 aromatic heterocycles. The molecule has 1 heterocycles. The fourth-order valence-electron chi connectivity index (χ4n) is 2.13. The van der Waals surface area contributed by atoms with Gasteiger partial charge < -0.3 is 5.32 Å². The first-order valence-electron chi connectivity index (χ1n) is 7.12. The van der Waals surface area contributed by atoms with Crippen LogP contribution in [0, 0.1) is 11.3 Å². The van der Waals surface area contributed by atoms with Crippen LogP contribution in [0.1, 0.15) is 23.4 Å². The van der Waals surface area contributed by atoms with Crippen molar-refractivity contribution >= 4 is 33.0 Å². The van der Waals surface area contributed by atoms with Crippen LogP contribution >= 0.6 is 11.3 Å². The maximum Gasteiger partial charge on any atom is 0.241 e. The molecule has 1 N–H and O–H groups in total. The number of nitrogens with zero attached hydrogens (tertiary/aromatic N) is 2. The van der Waals surface area contributed by atoms with Gasteiger partial charge in [0.25, 0.3) is 0 Å². The lowest BCUT2D eigenvalue weighted by Crippen LogP contribution is -2.41. The smallest absolute Gasteiger partial charge is 0.241 e. The van der Waals surface area contributed by atoms with Gasteiger partial charge in [-0.1, -0.05) is 6.07 Å². The summed E-state index contributed by atoms with van der Waals surface area (Å²) in [6.07, 6.45) is 1.04. The molecule has 2 rings (SSSR count). The number of anilines is 1. The van der Waals surface area contributed by atoms with E-state index in [4.69, 9.17) is 5.26 Å². The van der Waals surface area contributed by atoms with Gasteiger partial charge in [-0.05, 0) is 42.6 Å². The number of benzene rings is 1. The number of nitriles is 1. The highest BCUT2D eigenvalue weighted by Crippen LogP contribution is 2.20. The zero-order valence-corrected chi connectivity index (χ0v) is 14.9. The largest absolute Gasteiger partial charge is 0.347 e. The molecule has 0 saturated carbocycles. The van der Waals surface area contributed by atoms with Crippen molar-refractivity contribution in [1.82, 2.24) is 5.32 Å². The molecular weight excluding hydrogens is 346 g/mol. The fraction of sp³-hybridized carbons (Fsp3) is 0.250. The highest BCUT2D eigenvalue weighted by Gasteiger charge is 2.22. The minimum atomic E-state index is -3.63. The third-order valence-corrected chi connectivity index (χ3v) is 5.51. The molecule has 126 valence electrons. The van der Waals surface area contributed by atoms with Gasteiger partial charge in [-0.15, -0.1) is 11.3 Å². The molecule has 0 spiro atoms. The van der Waals surface area contributed by atoms with E-state index in [2.05, 4.69) is 5.32 Å². The Bertz CT molecular complexity index is 838. The maximum atomic E-state index is 12.2. The Morgan fingerprint density at radius 1 is 1.33 bits per heavy atom. The van der Waals surface area contributed by atoms with Crippen molar-refractivity contribution < 1.29 is 13.2 Å². The topological polar surface area (TPSA) is 90.3 Å². The lowest BCUT2D eigenvalue weighted by atomic mass is 10.2. The van der Waals surface area contributed by atoms with Gasteiger partial charge in [0, 0.05) is 4.88 Å². The lowest BCUT2D eigenvalue weighted by molar-refractivity contribution is -0.120. The average Bonchev–Trinajstić information content (AvgIpc) is 3.06. The second-order valence-corrected chi connectivity index (χ2v) is 8.12. The van der Waals surface area contributed by atoms with Crippen molar-refractivity contribution in [2.45, 2.75) is 13.0 Å². The molecule has 2 aromatic rings. The van der Waals surface area contributed by atoms with Crippen molar-refractivity contribution in [2.24, 2.45) is 0 Å². The van der Waals surface area contributed by atoms with Crippen LogP contribution < -0.4 is 9.62 Å². The van der Waals surface area contributed by atoms with Crippen LogP contribution in [0.25, 0.3) is 0 Å². The molecule has 0 radical (unpaired) electrons. The SMILES string of the molecule is CC(NC(=O)CN(c1ccc(C#N)cc1)S(C)(=O)=O)c1cccs1. The number of thiophene rings is 1. The Morgan fingerprint density at radius 2 is 2.00 bits per heavy atom. The van der Waals surface area contributed by atoms with Gasteiger partial charge in [0.1, 0.15) is 6.54 Å². The zero-order chi connectivity index (χ0) is 17.7. The Balaban J connectivity index is 2.14. The zero-order valence-electron chi connectivity index (χ0n) is 13.3.